The molecule has 2 aromatic carbocycles. The largest absolute Gasteiger partial charge is 0.459 e. The Morgan fingerprint density at radius 2 is 1.97 bits per heavy atom. The van der Waals surface area contributed by atoms with Crippen LogP contribution in [0.2, 0.25) is 0 Å². The van der Waals surface area contributed by atoms with Crippen molar-refractivity contribution in [1.29, 1.82) is 0 Å². The minimum Gasteiger partial charge on any atom is -0.459 e. The summed E-state index contributed by atoms with van der Waals surface area (Å²) in [6, 6.07) is 14.0. The third-order valence-electron chi connectivity index (χ3n) is 7.05. The fourth-order valence-corrected chi connectivity index (χ4v) is 5.07. The van der Waals surface area contributed by atoms with Gasteiger partial charge in [0.25, 0.3) is 0 Å². The van der Waals surface area contributed by atoms with Gasteiger partial charge in [0.1, 0.15) is 17.1 Å². The van der Waals surface area contributed by atoms with E-state index in [4.69, 9.17) is 22.6 Å². The van der Waals surface area contributed by atoms with Gasteiger partial charge in [0, 0.05) is 34.8 Å². The second kappa shape index (κ2) is 8.75. The molecular formula is C28H21N5O4. The summed E-state index contributed by atoms with van der Waals surface area (Å²) < 4.78 is 11.5. The number of aliphatic hydroxyl groups excluding tert-OH is 1. The molecule has 9 heteroatoms. The monoisotopic (exact) mass is 491 g/mol. The van der Waals surface area contributed by atoms with Crippen molar-refractivity contribution < 1.29 is 19.4 Å². The van der Waals surface area contributed by atoms with Crippen LogP contribution in [-0.2, 0) is 4.74 Å². The Bertz CT molecular complexity index is 1620. The van der Waals surface area contributed by atoms with Crippen molar-refractivity contribution in [3.05, 3.63) is 94.9 Å². The van der Waals surface area contributed by atoms with Crippen molar-refractivity contribution in [3.8, 4) is 11.5 Å². The maximum Gasteiger partial charge on any atom is 0.228 e. The molecule has 0 amide bonds. The lowest BCUT2D eigenvalue weighted by molar-refractivity contribution is 0.0337. The van der Waals surface area contributed by atoms with Crippen LogP contribution in [-0.4, -0.2) is 45.7 Å². The number of ketones is 1. The Labute approximate surface area is 212 Å². The van der Waals surface area contributed by atoms with Crippen molar-refractivity contribution >= 4 is 33.9 Å². The first-order valence-electron chi connectivity index (χ1n) is 11.7. The number of hydrogen-bond acceptors (Lipinski definition) is 6. The number of anilines is 1. The highest BCUT2D eigenvalue weighted by atomic mass is 16.5. The van der Waals surface area contributed by atoms with E-state index in [1.165, 1.54) is 6.20 Å². The van der Waals surface area contributed by atoms with Crippen LogP contribution in [0.15, 0.2) is 60.9 Å². The summed E-state index contributed by atoms with van der Waals surface area (Å²) in [5.41, 5.74) is 1.54. The Kier molecular flexibility index (Phi) is 5.38. The van der Waals surface area contributed by atoms with Gasteiger partial charge < -0.3 is 24.9 Å². The molecule has 0 radical (unpaired) electrons. The number of nitrogens with zero attached hydrogens (tertiary/aromatic N) is 3. The first-order chi connectivity index (χ1) is 18.1. The number of aliphatic hydroxyl groups is 1. The number of aromatic nitrogens is 2. The van der Waals surface area contributed by atoms with Crippen LogP contribution in [0.3, 0.4) is 0 Å². The average Bonchev–Trinajstić information content (AvgIpc) is 3.28. The number of fused-ring (bicyclic) bond motifs is 2. The Hall–Kier alpha value is -4.70. The number of carbonyl (C=O) groups excluding carboxylic acids is 1. The quantitative estimate of drug-likeness (QED) is 0.241. The van der Waals surface area contributed by atoms with Crippen molar-refractivity contribution in [2.75, 3.05) is 18.5 Å². The first kappa shape index (κ1) is 22.7. The summed E-state index contributed by atoms with van der Waals surface area (Å²) in [6.45, 7) is 15.7. The fraction of sp³-hybridized carbons (Fsp3) is 0.214. The second-order valence-electron chi connectivity index (χ2n) is 9.21. The standard InChI is InChI=1S/C28H21N5O4/c1-29-21-10-17(37-16-6-4-3-5-7-16)8-9-18(21)26(35)19-12-31-27-24(19)25(22(30-2)13-32-27)33-28-11-20(28)23(14-34)36-15-28/h3-10,12-13,20,23,34H,11,14-15H2,(H2,31,32,33)/t20-,23?,28-/m0/s1. The zero-order valence-corrected chi connectivity index (χ0v) is 19.6. The van der Waals surface area contributed by atoms with Crippen molar-refractivity contribution in [1.82, 2.24) is 9.97 Å². The molecule has 2 aliphatic rings. The summed E-state index contributed by atoms with van der Waals surface area (Å²) in [4.78, 5) is 28.3. The summed E-state index contributed by atoms with van der Waals surface area (Å²) in [6.07, 6.45) is 3.59. The topological polar surface area (TPSA) is 105 Å². The van der Waals surface area contributed by atoms with E-state index in [2.05, 4.69) is 25.0 Å². The van der Waals surface area contributed by atoms with E-state index in [9.17, 15) is 9.90 Å². The van der Waals surface area contributed by atoms with E-state index >= 15 is 0 Å². The van der Waals surface area contributed by atoms with Crippen molar-refractivity contribution in [2.45, 2.75) is 18.1 Å². The van der Waals surface area contributed by atoms with E-state index in [0.717, 1.165) is 6.42 Å². The van der Waals surface area contributed by atoms with Gasteiger partial charge in [-0.05, 0) is 30.7 Å². The molecule has 1 unspecified atom stereocenters. The van der Waals surface area contributed by atoms with Gasteiger partial charge in [0.15, 0.2) is 5.78 Å². The first-order valence-corrected chi connectivity index (χ1v) is 11.7. The molecule has 3 atom stereocenters. The number of nitrogens with one attached hydrogen (secondary N) is 2. The van der Waals surface area contributed by atoms with E-state index in [-0.39, 0.29) is 41.4 Å². The molecule has 1 aliphatic carbocycles. The fourth-order valence-electron chi connectivity index (χ4n) is 5.07. The lowest BCUT2D eigenvalue weighted by Gasteiger charge is -2.18. The van der Waals surface area contributed by atoms with E-state index < -0.39 is 5.54 Å². The van der Waals surface area contributed by atoms with Crippen LogP contribution in [0.4, 0.5) is 17.1 Å². The molecule has 2 aromatic heterocycles. The molecule has 3 heterocycles. The predicted molar refractivity (Wildman–Crippen MR) is 136 cm³/mol. The van der Waals surface area contributed by atoms with Gasteiger partial charge in [-0.3, -0.25) is 4.79 Å². The number of carbonyl (C=O) groups is 1. The summed E-state index contributed by atoms with van der Waals surface area (Å²) >= 11 is 0. The van der Waals surface area contributed by atoms with E-state index in [1.807, 2.05) is 18.2 Å². The van der Waals surface area contributed by atoms with Crippen molar-refractivity contribution in [2.24, 2.45) is 5.92 Å². The van der Waals surface area contributed by atoms with Gasteiger partial charge in [-0.1, -0.05) is 24.3 Å². The van der Waals surface area contributed by atoms with Gasteiger partial charge in [-0.25, -0.2) is 14.7 Å². The molecule has 2 fully saturated rings. The number of H-pyrrole nitrogens is 1. The zero-order chi connectivity index (χ0) is 25.6. The highest BCUT2D eigenvalue weighted by Gasteiger charge is 2.63. The predicted octanol–water partition coefficient (Wildman–Crippen LogP) is 5.25. The third kappa shape index (κ3) is 3.78. The molecule has 37 heavy (non-hydrogen) atoms. The number of para-hydroxylation sites is 1. The number of benzene rings is 2. The SMILES string of the molecule is [C-]#[N+]c1cc(Oc2ccccc2)ccc1C(=O)c1c[nH]c2ncc([N+]#[C-])c(N[C@@]34COC(CO)[C@@H]3C4)c12. The van der Waals surface area contributed by atoms with Crippen LogP contribution < -0.4 is 10.1 Å². The molecule has 0 spiro atoms. The van der Waals surface area contributed by atoms with Crippen LogP contribution in [0.25, 0.3) is 20.7 Å². The molecule has 182 valence electrons. The number of aromatic amines is 1. The molecule has 1 aliphatic heterocycles. The molecule has 1 saturated heterocycles. The number of hydrogen-bond donors (Lipinski definition) is 3. The Morgan fingerprint density at radius 3 is 2.68 bits per heavy atom. The van der Waals surface area contributed by atoms with Crippen LogP contribution >= 0.6 is 0 Å². The minimum atomic E-state index is -0.392. The molecule has 9 nitrogen and oxygen atoms in total. The van der Waals surface area contributed by atoms with Gasteiger partial charge >= 0.3 is 0 Å². The number of rotatable bonds is 7. The lowest BCUT2D eigenvalue weighted by Crippen LogP contribution is -2.25. The average molecular weight is 492 g/mol. The van der Waals surface area contributed by atoms with Crippen molar-refractivity contribution in [3.63, 3.8) is 0 Å². The Morgan fingerprint density at radius 1 is 1.16 bits per heavy atom. The maximum atomic E-state index is 13.8. The second-order valence-corrected chi connectivity index (χ2v) is 9.21. The highest BCUT2D eigenvalue weighted by Crippen LogP contribution is 2.55. The molecular weight excluding hydrogens is 470 g/mol. The normalized spacial score (nSPS) is 21.6. The summed E-state index contributed by atoms with van der Waals surface area (Å²) in [5.74, 6) is 0.838. The van der Waals surface area contributed by atoms with Gasteiger partial charge in [-0.2, -0.15) is 0 Å². The van der Waals surface area contributed by atoms with Gasteiger partial charge in [0.2, 0.25) is 11.4 Å². The molecule has 6 rings (SSSR count). The zero-order valence-electron chi connectivity index (χ0n) is 19.6. The number of ether oxygens (including phenoxy) is 2. The molecule has 4 aromatic rings. The highest BCUT2D eigenvalue weighted by molar-refractivity contribution is 6.21. The minimum absolute atomic E-state index is 0.0627. The van der Waals surface area contributed by atoms with Gasteiger partial charge in [0.05, 0.1) is 43.7 Å². The van der Waals surface area contributed by atoms with Crippen LogP contribution in [0.1, 0.15) is 22.3 Å². The molecule has 1 saturated carbocycles. The number of pyridine rings is 1. The van der Waals surface area contributed by atoms with E-state index in [0.29, 0.717) is 40.4 Å². The van der Waals surface area contributed by atoms with Crippen LogP contribution in [0, 0.1) is 19.1 Å². The Balaban J connectivity index is 1.38. The molecule has 3 N–H and O–H groups in total. The lowest BCUT2D eigenvalue weighted by atomic mass is 10.00. The smallest absolute Gasteiger partial charge is 0.228 e. The molecule has 0 bridgehead atoms. The van der Waals surface area contributed by atoms with E-state index in [1.54, 1.807) is 36.5 Å². The van der Waals surface area contributed by atoms with Crippen LogP contribution in [0.5, 0.6) is 11.5 Å². The maximum absolute atomic E-state index is 13.8. The summed E-state index contributed by atoms with van der Waals surface area (Å²) in [5, 5.41) is 13.5. The summed E-state index contributed by atoms with van der Waals surface area (Å²) in [7, 11) is 0. The van der Waals surface area contributed by atoms with Gasteiger partial charge in [-0.15, -0.1) is 0 Å². The third-order valence-corrected chi connectivity index (χ3v) is 7.05.